The Morgan fingerprint density at radius 1 is 1.42 bits per heavy atom. The minimum Gasteiger partial charge on any atom is -0.399 e. The molecule has 0 saturated heterocycles. The van der Waals surface area contributed by atoms with E-state index in [0.717, 1.165) is 6.42 Å². The van der Waals surface area contributed by atoms with Crippen LogP contribution in [0.1, 0.15) is 32.3 Å². The number of nitrogens with two attached hydrogens (primary N) is 1. The summed E-state index contributed by atoms with van der Waals surface area (Å²) < 4.78 is 26.6. The van der Waals surface area contributed by atoms with E-state index in [4.69, 9.17) is 5.73 Å². The maximum absolute atomic E-state index is 12.1. The van der Waals surface area contributed by atoms with Crippen LogP contribution in [0.25, 0.3) is 0 Å². The second-order valence-corrected chi connectivity index (χ2v) is 6.86. The summed E-state index contributed by atoms with van der Waals surface area (Å²) in [6.07, 6.45) is 1.33. The van der Waals surface area contributed by atoms with Gasteiger partial charge in [-0.05, 0) is 44.0 Å². The van der Waals surface area contributed by atoms with Crippen molar-refractivity contribution >= 4 is 15.7 Å². The molecular weight excluding hydrogens is 264 g/mol. The normalized spacial score (nSPS) is 15.2. The van der Waals surface area contributed by atoms with E-state index in [2.05, 4.69) is 4.72 Å². The summed E-state index contributed by atoms with van der Waals surface area (Å²) in [6, 6.07) is 4.54. The highest BCUT2D eigenvalue weighted by Crippen LogP contribution is 2.18. The number of aliphatic hydroxyl groups is 1. The highest BCUT2D eigenvalue weighted by molar-refractivity contribution is 7.89. The van der Waals surface area contributed by atoms with Crippen LogP contribution < -0.4 is 10.5 Å². The third kappa shape index (κ3) is 4.49. The highest BCUT2D eigenvalue weighted by Gasteiger charge is 2.23. The van der Waals surface area contributed by atoms with Gasteiger partial charge in [-0.25, -0.2) is 13.1 Å². The fraction of sp³-hybridized carbons (Fsp3) is 0.538. The highest BCUT2D eigenvalue weighted by atomic mass is 32.2. The second kappa shape index (κ2) is 5.90. The molecule has 0 aliphatic carbocycles. The molecule has 0 bridgehead atoms. The number of hydrogen-bond acceptors (Lipinski definition) is 4. The molecule has 1 rings (SSSR count). The molecule has 0 aliphatic heterocycles. The molecule has 1 unspecified atom stereocenters. The van der Waals surface area contributed by atoms with Crippen molar-refractivity contribution in [2.45, 2.75) is 44.1 Å². The molecule has 4 N–H and O–H groups in total. The molecule has 0 aromatic heterocycles. The first-order valence-corrected chi connectivity index (χ1v) is 7.74. The number of aryl methyl sites for hydroxylation is 1. The largest absolute Gasteiger partial charge is 0.399 e. The second-order valence-electron chi connectivity index (χ2n) is 5.09. The average Bonchev–Trinajstić information content (AvgIpc) is 2.30. The predicted molar refractivity (Wildman–Crippen MR) is 76.3 cm³/mol. The minimum absolute atomic E-state index is 0.00734. The average molecular weight is 286 g/mol. The smallest absolute Gasteiger partial charge is 0.240 e. The van der Waals surface area contributed by atoms with E-state index in [-0.39, 0.29) is 11.4 Å². The van der Waals surface area contributed by atoms with Crippen molar-refractivity contribution in [3.05, 3.63) is 23.8 Å². The fourth-order valence-corrected chi connectivity index (χ4v) is 3.02. The molecule has 1 aromatic rings. The molecule has 0 fully saturated rings. The Labute approximate surface area is 114 Å². The maximum atomic E-state index is 12.1. The summed E-state index contributed by atoms with van der Waals surface area (Å²) in [4.78, 5) is 0.159. The van der Waals surface area contributed by atoms with Crippen molar-refractivity contribution in [3.8, 4) is 0 Å². The Kier molecular flexibility index (Phi) is 4.95. The zero-order chi connectivity index (χ0) is 14.7. The molecule has 0 saturated carbocycles. The summed E-state index contributed by atoms with van der Waals surface area (Å²) in [7, 11) is -3.62. The van der Waals surface area contributed by atoms with Gasteiger partial charge in [0.05, 0.1) is 10.5 Å². The van der Waals surface area contributed by atoms with E-state index in [9.17, 15) is 13.5 Å². The molecule has 0 radical (unpaired) electrons. The number of hydrogen-bond donors (Lipinski definition) is 3. The van der Waals surface area contributed by atoms with E-state index in [1.54, 1.807) is 19.9 Å². The van der Waals surface area contributed by atoms with E-state index >= 15 is 0 Å². The number of anilines is 1. The SMILES string of the molecule is CCCC(C)(O)CNS(=O)(=O)c1ccc(N)c(C)c1. The van der Waals surface area contributed by atoms with Gasteiger partial charge in [0.1, 0.15) is 0 Å². The van der Waals surface area contributed by atoms with Gasteiger partial charge in [0, 0.05) is 12.2 Å². The summed E-state index contributed by atoms with van der Waals surface area (Å²) in [5, 5.41) is 9.98. The maximum Gasteiger partial charge on any atom is 0.240 e. The van der Waals surface area contributed by atoms with Gasteiger partial charge in [0.2, 0.25) is 10.0 Å². The number of sulfonamides is 1. The van der Waals surface area contributed by atoms with Crippen LogP contribution in [0, 0.1) is 6.92 Å². The van der Waals surface area contributed by atoms with Crippen LogP contribution in [0.2, 0.25) is 0 Å². The lowest BCUT2D eigenvalue weighted by molar-refractivity contribution is 0.0554. The lowest BCUT2D eigenvalue weighted by Gasteiger charge is -2.22. The number of nitrogen functional groups attached to an aromatic ring is 1. The zero-order valence-corrected chi connectivity index (χ0v) is 12.4. The van der Waals surface area contributed by atoms with Crippen molar-refractivity contribution in [3.63, 3.8) is 0 Å². The van der Waals surface area contributed by atoms with Gasteiger partial charge >= 0.3 is 0 Å². The van der Waals surface area contributed by atoms with E-state index in [0.29, 0.717) is 17.7 Å². The van der Waals surface area contributed by atoms with Crippen LogP contribution >= 0.6 is 0 Å². The van der Waals surface area contributed by atoms with Gasteiger partial charge < -0.3 is 10.8 Å². The Hall–Kier alpha value is -1.11. The van der Waals surface area contributed by atoms with Gasteiger partial charge in [0.25, 0.3) is 0 Å². The third-order valence-corrected chi connectivity index (χ3v) is 4.38. The lowest BCUT2D eigenvalue weighted by atomic mass is 10.0. The van der Waals surface area contributed by atoms with Crippen molar-refractivity contribution < 1.29 is 13.5 Å². The molecule has 5 nitrogen and oxygen atoms in total. The van der Waals surface area contributed by atoms with Gasteiger partial charge in [0.15, 0.2) is 0 Å². The quantitative estimate of drug-likeness (QED) is 0.689. The van der Waals surface area contributed by atoms with Gasteiger partial charge in [-0.2, -0.15) is 0 Å². The van der Waals surface area contributed by atoms with Crippen molar-refractivity contribution in [2.75, 3.05) is 12.3 Å². The fourth-order valence-electron chi connectivity index (χ4n) is 1.78. The van der Waals surface area contributed by atoms with Crippen LogP contribution in [0.5, 0.6) is 0 Å². The van der Waals surface area contributed by atoms with E-state index < -0.39 is 15.6 Å². The van der Waals surface area contributed by atoms with Crippen molar-refractivity contribution in [1.29, 1.82) is 0 Å². The van der Waals surface area contributed by atoms with E-state index in [1.165, 1.54) is 12.1 Å². The first-order chi connectivity index (χ1) is 8.68. The predicted octanol–water partition coefficient (Wildman–Crippen LogP) is 1.41. The molecular formula is C13H22N2O3S. The van der Waals surface area contributed by atoms with Crippen molar-refractivity contribution in [2.24, 2.45) is 0 Å². The molecule has 19 heavy (non-hydrogen) atoms. The number of benzene rings is 1. The molecule has 0 spiro atoms. The first-order valence-electron chi connectivity index (χ1n) is 6.26. The van der Waals surface area contributed by atoms with Gasteiger partial charge in [-0.1, -0.05) is 13.3 Å². The first kappa shape index (κ1) is 15.9. The standard InChI is InChI=1S/C13H22N2O3S/c1-4-7-13(3,16)9-15-19(17,18)11-5-6-12(14)10(2)8-11/h5-6,8,15-16H,4,7,9,14H2,1-3H3. The molecule has 6 heteroatoms. The summed E-state index contributed by atoms with van der Waals surface area (Å²) >= 11 is 0. The summed E-state index contributed by atoms with van der Waals surface area (Å²) in [6.45, 7) is 5.30. The monoisotopic (exact) mass is 286 g/mol. The van der Waals surface area contributed by atoms with Crippen LogP contribution in [-0.2, 0) is 10.0 Å². The van der Waals surface area contributed by atoms with Crippen LogP contribution in [0.15, 0.2) is 23.1 Å². The molecule has 0 aliphatic rings. The molecule has 108 valence electrons. The Balaban J connectivity index is 2.84. The zero-order valence-electron chi connectivity index (χ0n) is 11.6. The minimum atomic E-state index is -3.62. The Bertz CT molecular complexity index is 539. The van der Waals surface area contributed by atoms with Crippen LogP contribution in [0.4, 0.5) is 5.69 Å². The topological polar surface area (TPSA) is 92.4 Å². The Morgan fingerprint density at radius 2 is 2.05 bits per heavy atom. The molecule has 0 amide bonds. The Morgan fingerprint density at radius 3 is 2.58 bits per heavy atom. The van der Waals surface area contributed by atoms with Crippen molar-refractivity contribution in [1.82, 2.24) is 4.72 Å². The number of rotatable bonds is 6. The third-order valence-electron chi connectivity index (χ3n) is 2.98. The molecule has 1 atom stereocenters. The molecule has 1 aromatic carbocycles. The van der Waals surface area contributed by atoms with Gasteiger partial charge in [-0.15, -0.1) is 0 Å². The summed E-state index contributed by atoms with van der Waals surface area (Å²) in [5.74, 6) is 0. The van der Waals surface area contributed by atoms with Crippen LogP contribution in [0.3, 0.4) is 0 Å². The number of nitrogens with one attached hydrogen (secondary N) is 1. The lowest BCUT2D eigenvalue weighted by Crippen LogP contribution is -2.40. The van der Waals surface area contributed by atoms with E-state index in [1.807, 2.05) is 6.92 Å². The van der Waals surface area contributed by atoms with Gasteiger partial charge in [-0.3, -0.25) is 0 Å². The molecule has 0 heterocycles. The summed E-state index contributed by atoms with van der Waals surface area (Å²) in [5.41, 5.74) is 5.89. The van der Waals surface area contributed by atoms with Crippen LogP contribution in [-0.4, -0.2) is 25.7 Å².